The van der Waals surface area contributed by atoms with Crippen molar-refractivity contribution in [2.75, 3.05) is 0 Å². The Labute approximate surface area is 270 Å². The highest BCUT2D eigenvalue weighted by Gasteiger charge is 2.81. The van der Waals surface area contributed by atoms with E-state index < -0.39 is 34.3 Å². The Morgan fingerprint density at radius 1 is 1.09 bits per heavy atom. The normalized spacial score (nSPS) is 36.1. The molecule has 0 aromatic heterocycles. The number of carboxylic acids is 1. The van der Waals surface area contributed by atoms with E-state index in [0.29, 0.717) is 41.7 Å². The summed E-state index contributed by atoms with van der Waals surface area (Å²) in [6.07, 6.45) is 8.47. The van der Waals surface area contributed by atoms with Gasteiger partial charge in [-0.2, -0.15) is 0 Å². The average molecular weight is 629 g/mol. The molecular weight excluding hydrogens is 584 g/mol. The minimum Gasteiger partial charge on any atom is -0.507 e. The lowest BCUT2D eigenvalue weighted by Crippen LogP contribution is -2.72. The number of hydrogen-bond donors (Lipinski definition) is 2. The number of carboxylic acid groups (broad SMARTS) is 1. The van der Waals surface area contributed by atoms with Crippen LogP contribution in [0, 0.1) is 17.8 Å². The smallest absolute Gasteiger partial charge is 0.330 e. The number of carbonyl (C=O) groups excluding carboxylic acids is 2. The molecule has 3 aliphatic heterocycles. The number of ether oxygens (including phenoxy) is 3. The summed E-state index contributed by atoms with van der Waals surface area (Å²) >= 11 is 0. The van der Waals surface area contributed by atoms with Crippen LogP contribution in [0.15, 0.2) is 47.1 Å². The van der Waals surface area contributed by atoms with E-state index in [4.69, 9.17) is 14.2 Å². The van der Waals surface area contributed by atoms with Crippen molar-refractivity contribution >= 4 is 17.5 Å². The molecule has 46 heavy (non-hydrogen) atoms. The number of phenolic OH excluding ortho intramolecular Hbond substituents is 1. The van der Waals surface area contributed by atoms with E-state index in [1.54, 1.807) is 6.08 Å². The molecule has 244 valence electrons. The Morgan fingerprint density at radius 2 is 1.80 bits per heavy atom. The molecule has 8 nitrogen and oxygen atoms in total. The van der Waals surface area contributed by atoms with Gasteiger partial charge in [-0.1, -0.05) is 36.0 Å². The van der Waals surface area contributed by atoms with Gasteiger partial charge in [-0.15, -0.1) is 0 Å². The zero-order valence-corrected chi connectivity index (χ0v) is 27.8. The van der Waals surface area contributed by atoms with Crippen LogP contribution in [0.1, 0.15) is 108 Å². The average Bonchev–Trinajstić information content (AvgIpc) is 3.11. The van der Waals surface area contributed by atoms with Crippen molar-refractivity contribution in [1.29, 1.82) is 0 Å². The zero-order valence-electron chi connectivity index (χ0n) is 27.8. The first-order valence-corrected chi connectivity index (χ1v) is 16.5. The highest BCUT2D eigenvalue weighted by atomic mass is 16.6. The molecule has 8 heteroatoms. The van der Waals surface area contributed by atoms with Gasteiger partial charge in [0.05, 0.1) is 5.60 Å². The van der Waals surface area contributed by atoms with Crippen molar-refractivity contribution in [1.82, 2.24) is 0 Å². The number of rotatable bonds is 6. The molecule has 7 atom stereocenters. The number of benzene rings is 1. The van der Waals surface area contributed by atoms with Crippen LogP contribution in [0.4, 0.5) is 0 Å². The number of fused-ring (bicyclic) bond motifs is 5. The highest BCUT2D eigenvalue weighted by Crippen LogP contribution is 2.69. The van der Waals surface area contributed by atoms with E-state index in [1.807, 2.05) is 34.6 Å². The Hall–Kier alpha value is -3.65. The topological polar surface area (TPSA) is 119 Å². The number of aromatic hydroxyl groups is 1. The van der Waals surface area contributed by atoms with Gasteiger partial charge >= 0.3 is 5.97 Å². The van der Waals surface area contributed by atoms with E-state index in [9.17, 15) is 24.6 Å². The Morgan fingerprint density at radius 3 is 2.46 bits per heavy atom. The van der Waals surface area contributed by atoms with Gasteiger partial charge in [0, 0.05) is 46.4 Å². The molecule has 1 aromatic carbocycles. The number of Topliss-reactive ketones (excluding diaryl/α,β-unsaturated/α-hetero) is 2. The number of allylic oxidation sites excluding steroid dienone is 4. The molecule has 4 unspecified atom stereocenters. The maximum Gasteiger partial charge on any atom is 0.330 e. The monoisotopic (exact) mass is 628 g/mol. The van der Waals surface area contributed by atoms with Crippen molar-refractivity contribution in [3.8, 4) is 17.2 Å². The van der Waals surface area contributed by atoms with Gasteiger partial charge < -0.3 is 24.4 Å². The first-order valence-electron chi connectivity index (χ1n) is 16.5. The third-order valence-corrected chi connectivity index (χ3v) is 11.8. The second-order valence-electron chi connectivity index (χ2n) is 15.5. The maximum absolute atomic E-state index is 15.0. The predicted octanol–water partition coefficient (Wildman–Crippen LogP) is 6.94. The summed E-state index contributed by atoms with van der Waals surface area (Å²) in [4.78, 5) is 41.1. The Bertz CT molecular complexity index is 1740. The molecule has 2 N–H and O–H groups in total. The van der Waals surface area contributed by atoms with Crippen molar-refractivity contribution in [2.45, 2.75) is 115 Å². The van der Waals surface area contributed by atoms with Crippen molar-refractivity contribution in [2.24, 2.45) is 17.8 Å². The molecule has 0 radical (unpaired) electrons. The van der Waals surface area contributed by atoms with Crippen molar-refractivity contribution < 1.29 is 38.8 Å². The molecule has 0 amide bonds. The molecule has 3 heterocycles. The summed E-state index contributed by atoms with van der Waals surface area (Å²) in [5, 5.41) is 21.8. The van der Waals surface area contributed by atoms with E-state index in [-0.39, 0.29) is 58.4 Å². The summed E-state index contributed by atoms with van der Waals surface area (Å²) in [5.74, 6) is -1.93. The van der Waals surface area contributed by atoms with Gasteiger partial charge in [-0.25, -0.2) is 4.79 Å². The molecule has 1 spiro atoms. The minimum atomic E-state index is -1.62. The summed E-state index contributed by atoms with van der Waals surface area (Å²) in [7, 11) is 0. The van der Waals surface area contributed by atoms with Crippen molar-refractivity contribution in [3.63, 3.8) is 0 Å². The molecular formula is C38H44O8. The van der Waals surface area contributed by atoms with E-state index in [2.05, 4.69) is 19.6 Å². The lowest BCUT2D eigenvalue weighted by Gasteiger charge is -2.56. The Kier molecular flexibility index (Phi) is 6.53. The quantitative estimate of drug-likeness (QED) is 0.257. The second kappa shape index (κ2) is 9.69. The standard InChI is InChI=1S/C38H44O8/c1-18(2)9-10-23-31-27(24-17-36(8,44-31)13-12-22(24)19(3)4)30(40)28-29(39)25-15-21-16-26-35(6,7)46-37(33(21)41,14-11-20(5)34(42)43)38(25,26)45-32(23)28/h9,11,15,21-22,24,26,40H,3,10,12-14,16-17H2,1-2,4-8H3,(H,42,43)/b20-11+/t21-,22?,24?,26?,36-,37?,38-/m1/s1. The Balaban J connectivity index is 1.52. The maximum atomic E-state index is 15.0. The molecule has 8 rings (SSSR count). The molecule has 3 fully saturated rings. The fourth-order valence-electron chi connectivity index (χ4n) is 9.66. The fourth-order valence-corrected chi connectivity index (χ4v) is 9.66. The van der Waals surface area contributed by atoms with Gasteiger partial charge in [0.2, 0.25) is 0 Å². The lowest BCUT2D eigenvalue weighted by atomic mass is 9.51. The highest BCUT2D eigenvalue weighted by molar-refractivity contribution is 6.18. The van der Waals surface area contributed by atoms with Crippen LogP contribution in [0.2, 0.25) is 0 Å². The zero-order chi connectivity index (χ0) is 33.3. The van der Waals surface area contributed by atoms with Gasteiger partial charge in [0.15, 0.2) is 22.8 Å². The number of ketones is 2. The van der Waals surface area contributed by atoms with E-state index >= 15 is 0 Å². The van der Waals surface area contributed by atoms with Gasteiger partial charge in [0.1, 0.15) is 28.4 Å². The van der Waals surface area contributed by atoms with Crippen LogP contribution in [0.3, 0.4) is 0 Å². The molecule has 2 saturated carbocycles. The fraction of sp³-hybridized carbons (Fsp3) is 0.553. The SMILES string of the molecule is C=C(C)C1CC[C@]2(C)CC1c1c(O)c3c(c(CC=C(C)C)c1O2)O[C@]12C(=C[C@@H]4CC1C(C)(C)OC2(C/C=C(\C)C(=O)O)C4=O)C3=O. The third-order valence-electron chi connectivity index (χ3n) is 11.8. The second-order valence-corrected chi connectivity index (χ2v) is 15.5. The number of carbonyl (C=O) groups is 3. The summed E-state index contributed by atoms with van der Waals surface area (Å²) in [6.45, 7) is 17.7. The van der Waals surface area contributed by atoms with Crippen LogP contribution in [0.25, 0.3) is 0 Å². The lowest BCUT2D eigenvalue weighted by molar-refractivity contribution is -0.171. The minimum absolute atomic E-state index is 0.0580. The van der Waals surface area contributed by atoms with Gasteiger partial charge in [-0.3, -0.25) is 9.59 Å². The molecule has 1 aromatic rings. The first-order chi connectivity index (χ1) is 21.5. The molecule has 1 saturated heterocycles. The van der Waals surface area contributed by atoms with Crippen LogP contribution < -0.4 is 9.47 Å². The van der Waals surface area contributed by atoms with Crippen LogP contribution in [-0.2, 0) is 20.7 Å². The number of phenols is 1. The van der Waals surface area contributed by atoms with Crippen molar-refractivity contribution in [3.05, 3.63) is 63.8 Å². The van der Waals surface area contributed by atoms with Crippen LogP contribution in [-0.4, -0.2) is 50.2 Å². The number of hydrogen-bond acceptors (Lipinski definition) is 7. The first kappa shape index (κ1) is 31.0. The molecule has 4 aliphatic carbocycles. The van der Waals surface area contributed by atoms with E-state index in [0.717, 1.165) is 24.0 Å². The van der Waals surface area contributed by atoms with Gasteiger partial charge in [-0.05, 0) is 86.5 Å². The summed E-state index contributed by atoms with van der Waals surface area (Å²) in [5.41, 5.74) is -0.519. The summed E-state index contributed by atoms with van der Waals surface area (Å²) in [6, 6.07) is 0. The van der Waals surface area contributed by atoms with E-state index in [1.165, 1.54) is 13.0 Å². The molecule has 7 aliphatic rings. The number of aliphatic carboxylic acids is 1. The predicted molar refractivity (Wildman–Crippen MR) is 171 cm³/mol. The molecule has 6 bridgehead atoms. The third kappa shape index (κ3) is 3.85. The van der Waals surface area contributed by atoms with Crippen LogP contribution in [0.5, 0.6) is 17.2 Å². The van der Waals surface area contributed by atoms with Gasteiger partial charge in [0.25, 0.3) is 0 Å². The summed E-state index contributed by atoms with van der Waals surface area (Å²) < 4.78 is 20.8. The van der Waals surface area contributed by atoms with Crippen LogP contribution >= 0.6 is 0 Å². The largest absolute Gasteiger partial charge is 0.507 e.